The molecule has 18 heavy (non-hydrogen) atoms. The molecule has 90 valence electrons. The third-order valence-corrected chi connectivity index (χ3v) is 4.18. The van der Waals surface area contributed by atoms with Gasteiger partial charge in [0.1, 0.15) is 16.3 Å². The van der Waals surface area contributed by atoms with E-state index in [1.807, 2.05) is 0 Å². The van der Waals surface area contributed by atoms with Crippen LogP contribution in [0.1, 0.15) is 0 Å². The van der Waals surface area contributed by atoms with Crippen molar-refractivity contribution in [1.82, 2.24) is 29.7 Å². The van der Waals surface area contributed by atoms with Crippen LogP contribution in [0.2, 0.25) is 0 Å². The van der Waals surface area contributed by atoms with Gasteiger partial charge in [-0.15, -0.1) is 0 Å². The van der Waals surface area contributed by atoms with Crippen molar-refractivity contribution in [2.24, 2.45) is 0 Å². The number of aromatic amines is 1. The molecule has 0 unspecified atom stereocenters. The molecule has 0 atom stereocenters. The highest BCUT2D eigenvalue weighted by molar-refractivity contribution is 9.13. The molecule has 0 aliphatic rings. The Bertz CT molecular complexity index is 795. The second-order valence-electron chi connectivity index (χ2n) is 3.32. The number of hydrogen-bond donors (Lipinski definition) is 1. The summed E-state index contributed by atoms with van der Waals surface area (Å²) in [5, 5.41) is 4.03. The summed E-state index contributed by atoms with van der Waals surface area (Å²) in [6.45, 7) is 0. The smallest absolute Gasteiger partial charge is 0.288 e. The lowest BCUT2D eigenvalue weighted by Crippen LogP contribution is -2.23. The Balaban J connectivity index is 2.37. The second-order valence-corrected chi connectivity index (χ2v) is 4.97. The number of hydrogen-bond acceptors (Lipinski definition) is 5. The molecular weight excluding hydrogens is 368 g/mol. The maximum Gasteiger partial charge on any atom is 0.288 e. The van der Waals surface area contributed by atoms with Crippen molar-refractivity contribution in [2.45, 2.75) is 0 Å². The minimum Gasteiger partial charge on any atom is -0.340 e. The number of nitrogens with zero attached hydrogens (tertiary/aromatic N) is 5. The van der Waals surface area contributed by atoms with E-state index in [-0.39, 0.29) is 5.56 Å². The van der Waals surface area contributed by atoms with Gasteiger partial charge in [0.05, 0.1) is 17.0 Å². The molecule has 0 fully saturated rings. The molecule has 3 heterocycles. The molecule has 1 N–H and O–H groups in total. The molecule has 3 aromatic rings. The largest absolute Gasteiger partial charge is 0.340 e. The van der Waals surface area contributed by atoms with Gasteiger partial charge in [0.25, 0.3) is 5.56 Å². The Morgan fingerprint density at radius 2 is 2.06 bits per heavy atom. The first-order valence-electron chi connectivity index (χ1n) is 4.76. The lowest BCUT2D eigenvalue weighted by Gasteiger charge is -2.04. The van der Waals surface area contributed by atoms with Crippen molar-refractivity contribution in [3.05, 3.63) is 38.2 Å². The number of aromatic nitrogens is 6. The average Bonchev–Trinajstić information content (AvgIpc) is 2.84. The van der Waals surface area contributed by atoms with Crippen LogP contribution < -0.4 is 5.56 Å². The van der Waals surface area contributed by atoms with Gasteiger partial charge in [-0.25, -0.2) is 15.0 Å². The summed E-state index contributed by atoms with van der Waals surface area (Å²) in [6.07, 6.45) is 4.33. The molecule has 3 aromatic heterocycles. The Kier molecular flexibility index (Phi) is 2.71. The van der Waals surface area contributed by atoms with E-state index < -0.39 is 0 Å². The molecule has 0 aliphatic heterocycles. The van der Waals surface area contributed by atoms with Crippen LogP contribution in [0.25, 0.3) is 17.0 Å². The predicted molar refractivity (Wildman–Crippen MR) is 70.5 cm³/mol. The monoisotopic (exact) mass is 370 g/mol. The van der Waals surface area contributed by atoms with Gasteiger partial charge in [-0.3, -0.25) is 4.79 Å². The molecule has 0 aromatic carbocycles. The highest BCUT2D eigenvalue weighted by Gasteiger charge is 2.13. The first-order valence-corrected chi connectivity index (χ1v) is 6.35. The fourth-order valence-corrected chi connectivity index (χ4v) is 2.01. The molecule has 0 spiro atoms. The minimum absolute atomic E-state index is 0.320. The third kappa shape index (κ3) is 1.66. The zero-order valence-corrected chi connectivity index (χ0v) is 11.8. The Hall–Kier alpha value is -1.61. The highest BCUT2D eigenvalue weighted by atomic mass is 79.9. The summed E-state index contributed by atoms with van der Waals surface area (Å²) in [5.74, 6) is 0.357. The fourth-order valence-electron chi connectivity index (χ4n) is 1.48. The minimum atomic E-state index is -0.320. The van der Waals surface area contributed by atoms with E-state index >= 15 is 0 Å². The van der Waals surface area contributed by atoms with Crippen LogP contribution in [0.15, 0.2) is 32.6 Å². The van der Waals surface area contributed by atoms with Gasteiger partial charge in [0, 0.05) is 0 Å². The summed E-state index contributed by atoms with van der Waals surface area (Å²) in [4.78, 5) is 27.0. The van der Waals surface area contributed by atoms with Gasteiger partial charge in [-0.1, -0.05) is 0 Å². The highest BCUT2D eigenvalue weighted by Crippen LogP contribution is 2.18. The quantitative estimate of drug-likeness (QED) is 0.698. The van der Waals surface area contributed by atoms with Crippen LogP contribution in [0.4, 0.5) is 0 Å². The van der Waals surface area contributed by atoms with E-state index in [4.69, 9.17) is 0 Å². The Labute approximate surface area is 117 Å². The van der Waals surface area contributed by atoms with E-state index in [1.165, 1.54) is 23.5 Å². The number of halogens is 2. The van der Waals surface area contributed by atoms with E-state index in [0.29, 0.717) is 25.9 Å². The molecule has 0 aliphatic carbocycles. The van der Waals surface area contributed by atoms with Crippen LogP contribution in [0.5, 0.6) is 0 Å². The molecule has 0 saturated carbocycles. The molecule has 9 heteroatoms. The lowest BCUT2D eigenvalue weighted by atomic mass is 10.5. The van der Waals surface area contributed by atoms with E-state index in [2.05, 4.69) is 56.9 Å². The molecule has 3 rings (SSSR count). The van der Waals surface area contributed by atoms with E-state index in [0.717, 1.165) is 0 Å². The molecule has 7 nitrogen and oxygen atoms in total. The topological polar surface area (TPSA) is 89.3 Å². The standard InChI is InChI=1S/C9H4Br2N6O/c10-4-1-16-17(9(18)5(4)11)8-6-7(13-2-12-6)14-3-15-8/h1-3H,(H,12,13,14,15). The molecule has 0 saturated heterocycles. The van der Waals surface area contributed by atoms with Crippen molar-refractivity contribution in [3.8, 4) is 5.82 Å². The molecule has 0 amide bonds. The number of H-pyrrole nitrogens is 1. The van der Waals surface area contributed by atoms with E-state index in [1.54, 1.807) is 0 Å². The van der Waals surface area contributed by atoms with Crippen LogP contribution >= 0.6 is 31.9 Å². The van der Waals surface area contributed by atoms with Crippen LogP contribution in [0.3, 0.4) is 0 Å². The van der Waals surface area contributed by atoms with Gasteiger partial charge in [0.2, 0.25) is 0 Å². The van der Waals surface area contributed by atoms with Crippen molar-refractivity contribution < 1.29 is 0 Å². The molecule has 0 radical (unpaired) electrons. The second kappa shape index (κ2) is 4.25. The third-order valence-electron chi connectivity index (χ3n) is 2.28. The van der Waals surface area contributed by atoms with Crippen molar-refractivity contribution in [1.29, 1.82) is 0 Å². The van der Waals surface area contributed by atoms with Crippen LogP contribution in [0, 0.1) is 0 Å². The fraction of sp³-hybridized carbons (Fsp3) is 0. The number of imidazole rings is 1. The number of nitrogens with one attached hydrogen (secondary N) is 1. The summed E-state index contributed by atoms with van der Waals surface area (Å²) >= 11 is 6.41. The maximum absolute atomic E-state index is 12.1. The van der Waals surface area contributed by atoms with Crippen molar-refractivity contribution >= 4 is 43.0 Å². The molecule has 0 bridgehead atoms. The van der Waals surface area contributed by atoms with Gasteiger partial charge >= 0.3 is 0 Å². The SMILES string of the molecule is O=c1c(Br)c(Br)cnn1-c1ncnc2nc[nH]c12. The zero-order valence-electron chi connectivity index (χ0n) is 8.63. The summed E-state index contributed by atoms with van der Waals surface area (Å²) < 4.78 is 2.14. The Morgan fingerprint density at radius 3 is 2.89 bits per heavy atom. The summed E-state index contributed by atoms with van der Waals surface area (Å²) in [5.41, 5.74) is 0.716. The lowest BCUT2D eigenvalue weighted by molar-refractivity contribution is 0.774. The first-order chi connectivity index (χ1) is 8.68. The van der Waals surface area contributed by atoms with Gasteiger partial charge in [-0.05, 0) is 31.9 Å². The van der Waals surface area contributed by atoms with Crippen LogP contribution in [-0.4, -0.2) is 29.7 Å². The van der Waals surface area contributed by atoms with Gasteiger partial charge in [-0.2, -0.15) is 9.78 Å². The summed E-state index contributed by atoms with van der Waals surface area (Å²) in [6, 6.07) is 0. The summed E-state index contributed by atoms with van der Waals surface area (Å²) in [7, 11) is 0. The van der Waals surface area contributed by atoms with Crippen molar-refractivity contribution in [3.63, 3.8) is 0 Å². The van der Waals surface area contributed by atoms with Crippen LogP contribution in [-0.2, 0) is 0 Å². The van der Waals surface area contributed by atoms with Gasteiger partial charge in [0.15, 0.2) is 11.5 Å². The molecular formula is C9H4Br2N6O. The predicted octanol–water partition coefficient (Wildman–Crippen LogP) is 1.42. The maximum atomic E-state index is 12.1. The zero-order chi connectivity index (χ0) is 12.7. The number of rotatable bonds is 1. The first kappa shape index (κ1) is 11.5. The van der Waals surface area contributed by atoms with E-state index in [9.17, 15) is 4.79 Å². The normalized spacial score (nSPS) is 11.0. The average molecular weight is 372 g/mol. The van der Waals surface area contributed by atoms with Crippen molar-refractivity contribution in [2.75, 3.05) is 0 Å². The Morgan fingerprint density at radius 1 is 1.22 bits per heavy atom. The number of fused-ring (bicyclic) bond motifs is 1. The van der Waals surface area contributed by atoms with Gasteiger partial charge < -0.3 is 4.98 Å².